The first-order chi connectivity index (χ1) is 8.66. The first-order valence-corrected chi connectivity index (χ1v) is 6.79. The normalized spacial score (nSPS) is 14.6. The Hall–Kier alpha value is -1.51. The van der Waals surface area contributed by atoms with Crippen molar-refractivity contribution in [3.63, 3.8) is 0 Å². The maximum atomic E-state index is 11.6. The highest BCUT2D eigenvalue weighted by Crippen LogP contribution is 2.23. The van der Waals surface area contributed by atoms with Crippen molar-refractivity contribution in [1.82, 2.24) is 5.32 Å². The van der Waals surface area contributed by atoms with Gasteiger partial charge in [0.25, 0.3) is 0 Å². The second kappa shape index (κ2) is 5.89. The van der Waals surface area contributed by atoms with Gasteiger partial charge in [0.1, 0.15) is 0 Å². The molecule has 0 unspecified atom stereocenters. The minimum atomic E-state index is 0.159. The summed E-state index contributed by atoms with van der Waals surface area (Å²) in [4.78, 5) is 11.6. The van der Waals surface area contributed by atoms with Gasteiger partial charge in [-0.2, -0.15) is 0 Å². The Morgan fingerprint density at radius 1 is 1.33 bits per heavy atom. The van der Waals surface area contributed by atoms with E-state index in [1.165, 1.54) is 5.56 Å². The number of carbonyl (C=O) groups is 1. The van der Waals surface area contributed by atoms with E-state index >= 15 is 0 Å². The topological polar surface area (TPSA) is 41.1 Å². The summed E-state index contributed by atoms with van der Waals surface area (Å²) < 4.78 is 0. The zero-order valence-corrected chi connectivity index (χ0v) is 11.2. The Morgan fingerprint density at radius 2 is 2.06 bits per heavy atom. The summed E-state index contributed by atoms with van der Waals surface area (Å²) in [6.45, 7) is 5.06. The third-order valence-electron chi connectivity index (χ3n) is 3.19. The second-order valence-electron chi connectivity index (χ2n) is 5.26. The lowest BCUT2D eigenvalue weighted by Gasteiger charge is -2.14. The summed E-state index contributed by atoms with van der Waals surface area (Å²) >= 11 is 0. The highest BCUT2D eigenvalue weighted by molar-refractivity contribution is 5.77. The van der Waals surface area contributed by atoms with Crippen LogP contribution >= 0.6 is 0 Å². The predicted octanol–water partition coefficient (Wildman–Crippen LogP) is 2.89. The van der Waals surface area contributed by atoms with Crippen molar-refractivity contribution in [2.75, 3.05) is 11.9 Å². The maximum absolute atomic E-state index is 11.6. The number of nitrogens with one attached hydrogen (secondary N) is 2. The maximum Gasteiger partial charge on any atom is 0.221 e. The molecule has 1 aliphatic carbocycles. The highest BCUT2D eigenvalue weighted by Gasteiger charge is 2.22. The quantitative estimate of drug-likeness (QED) is 0.810. The van der Waals surface area contributed by atoms with E-state index in [9.17, 15) is 4.79 Å². The van der Waals surface area contributed by atoms with Gasteiger partial charge >= 0.3 is 0 Å². The van der Waals surface area contributed by atoms with Crippen molar-refractivity contribution in [3.8, 4) is 0 Å². The number of amides is 1. The summed E-state index contributed by atoms with van der Waals surface area (Å²) in [7, 11) is 0. The lowest BCUT2D eigenvalue weighted by molar-refractivity contribution is -0.120. The first-order valence-electron chi connectivity index (χ1n) is 6.79. The molecule has 0 saturated heterocycles. The molecule has 1 aliphatic rings. The van der Waals surface area contributed by atoms with Crippen LogP contribution in [0.5, 0.6) is 0 Å². The van der Waals surface area contributed by atoms with Gasteiger partial charge in [0.05, 0.1) is 0 Å². The van der Waals surface area contributed by atoms with Gasteiger partial charge in [0.15, 0.2) is 0 Å². The van der Waals surface area contributed by atoms with Crippen LogP contribution in [-0.2, 0) is 4.79 Å². The molecular weight excluding hydrogens is 224 g/mol. The molecule has 3 heteroatoms. The number of benzene rings is 1. The molecule has 0 atom stereocenters. The first kappa shape index (κ1) is 12.9. The summed E-state index contributed by atoms with van der Waals surface area (Å²) in [5.41, 5.74) is 2.45. The van der Waals surface area contributed by atoms with Crippen molar-refractivity contribution < 1.29 is 4.79 Å². The van der Waals surface area contributed by atoms with E-state index in [4.69, 9.17) is 0 Å². The van der Waals surface area contributed by atoms with E-state index in [1.54, 1.807) is 0 Å². The zero-order chi connectivity index (χ0) is 13.0. The molecule has 1 fully saturated rings. The standard InChI is InChI=1S/C15H22N2O/c1-11(2)13-5-3-4-6-14(13)16-10-9-15(18)17-12-7-8-12/h3-6,11-12,16H,7-10H2,1-2H3,(H,17,18). The van der Waals surface area contributed by atoms with Crippen molar-refractivity contribution in [3.05, 3.63) is 29.8 Å². The molecule has 2 N–H and O–H groups in total. The molecule has 1 aromatic carbocycles. The number of para-hydroxylation sites is 1. The fourth-order valence-corrected chi connectivity index (χ4v) is 2.00. The van der Waals surface area contributed by atoms with Gasteiger partial charge in [0.2, 0.25) is 5.91 Å². The van der Waals surface area contributed by atoms with Crippen LogP contribution < -0.4 is 10.6 Å². The van der Waals surface area contributed by atoms with E-state index in [0.29, 0.717) is 24.9 Å². The van der Waals surface area contributed by atoms with Crippen LogP contribution in [0.15, 0.2) is 24.3 Å². The molecule has 0 heterocycles. The Labute approximate surface area is 109 Å². The largest absolute Gasteiger partial charge is 0.384 e. The third kappa shape index (κ3) is 3.76. The van der Waals surface area contributed by atoms with E-state index in [0.717, 1.165) is 18.5 Å². The van der Waals surface area contributed by atoms with E-state index < -0.39 is 0 Å². The van der Waals surface area contributed by atoms with E-state index in [-0.39, 0.29) is 5.91 Å². The van der Waals surface area contributed by atoms with Crippen LogP contribution in [0.4, 0.5) is 5.69 Å². The van der Waals surface area contributed by atoms with Gasteiger partial charge in [0, 0.05) is 24.7 Å². The van der Waals surface area contributed by atoms with Gasteiger partial charge < -0.3 is 10.6 Å². The molecule has 18 heavy (non-hydrogen) atoms. The molecule has 1 saturated carbocycles. The molecule has 0 radical (unpaired) electrons. The predicted molar refractivity (Wildman–Crippen MR) is 74.8 cm³/mol. The average Bonchev–Trinajstić information content (AvgIpc) is 3.13. The fourth-order valence-electron chi connectivity index (χ4n) is 2.00. The molecule has 1 amide bonds. The van der Waals surface area contributed by atoms with Crippen LogP contribution in [-0.4, -0.2) is 18.5 Å². The molecule has 0 aliphatic heterocycles. The van der Waals surface area contributed by atoms with E-state index in [1.807, 2.05) is 6.07 Å². The monoisotopic (exact) mass is 246 g/mol. The van der Waals surface area contributed by atoms with Crippen molar-refractivity contribution in [1.29, 1.82) is 0 Å². The summed E-state index contributed by atoms with van der Waals surface area (Å²) in [5, 5.41) is 6.36. The summed E-state index contributed by atoms with van der Waals surface area (Å²) in [5.74, 6) is 0.654. The zero-order valence-electron chi connectivity index (χ0n) is 11.2. The van der Waals surface area contributed by atoms with Gasteiger partial charge in [-0.05, 0) is 30.4 Å². The van der Waals surface area contributed by atoms with Crippen LogP contribution in [0.2, 0.25) is 0 Å². The molecule has 3 nitrogen and oxygen atoms in total. The fraction of sp³-hybridized carbons (Fsp3) is 0.533. The van der Waals surface area contributed by atoms with Crippen molar-refractivity contribution in [2.24, 2.45) is 0 Å². The molecular formula is C15H22N2O. The minimum Gasteiger partial charge on any atom is -0.384 e. The third-order valence-corrected chi connectivity index (χ3v) is 3.19. The Bertz CT molecular complexity index is 411. The van der Waals surface area contributed by atoms with Crippen LogP contribution in [0.25, 0.3) is 0 Å². The van der Waals surface area contributed by atoms with Gasteiger partial charge in [-0.1, -0.05) is 32.0 Å². The number of carbonyl (C=O) groups excluding carboxylic acids is 1. The lowest BCUT2D eigenvalue weighted by atomic mass is 10.0. The Kier molecular flexibility index (Phi) is 4.24. The molecule has 1 aromatic rings. The number of anilines is 1. The SMILES string of the molecule is CC(C)c1ccccc1NCCC(=O)NC1CC1. The Morgan fingerprint density at radius 3 is 2.72 bits per heavy atom. The number of hydrogen-bond donors (Lipinski definition) is 2. The number of hydrogen-bond acceptors (Lipinski definition) is 2. The molecule has 98 valence electrons. The molecule has 0 bridgehead atoms. The van der Waals surface area contributed by atoms with Crippen molar-refractivity contribution in [2.45, 2.75) is 45.1 Å². The number of rotatable bonds is 6. The van der Waals surface area contributed by atoms with Gasteiger partial charge in [-0.15, -0.1) is 0 Å². The van der Waals surface area contributed by atoms with Crippen LogP contribution in [0.3, 0.4) is 0 Å². The summed E-state index contributed by atoms with van der Waals surface area (Å²) in [6.07, 6.45) is 2.84. The van der Waals surface area contributed by atoms with Gasteiger partial charge in [-0.25, -0.2) is 0 Å². The highest BCUT2D eigenvalue weighted by atomic mass is 16.1. The van der Waals surface area contributed by atoms with Crippen LogP contribution in [0, 0.1) is 0 Å². The second-order valence-corrected chi connectivity index (χ2v) is 5.26. The van der Waals surface area contributed by atoms with Gasteiger partial charge in [-0.3, -0.25) is 4.79 Å². The average molecular weight is 246 g/mol. The molecule has 0 spiro atoms. The molecule has 2 rings (SSSR count). The van der Waals surface area contributed by atoms with Crippen molar-refractivity contribution >= 4 is 11.6 Å². The lowest BCUT2D eigenvalue weighted by Crippen LogP contribution is -2.27. The smallest absolute Gasteiger partial charge is 0.221 e. The minimum absolute atomic E-state index is 0.159. The Balaban J connectivity index is 1.80. The van der Waals surface area contributed by atoms with Crippen LogP contribution in [0.1, 0.15) is 44.6 Å². The van der Waals surface area contributed by atoms with E-state index in [2.05, 4.69) is 42.7 Å². The summed E-state index contributed by atoms with van der Waals surface area (Å²) in [6, 6.07) is 8.75. The molecule has 0 aromatic heterocycles.